The molecule has 0 saturated carbocycles. The Morgan fingerprint density at radius 2 is 1.87 bits per heavy atom. The van der Waals surface area contributed by atoms with Crippen LogP contribution in [-0.2, 0) is 14.8 Å². The molecule has 0 spiro atoms. The number of carbonyl (C=O) groups is 1. The molecule has 1 rings (SSSR count). The van der Waals surface area contributed by atoms with Crippen LogP contribution in [0.15, 0.2) is 0 Å². The van der Waals surface area contributed by atoms with Gasteiger partial charge in [-0.3, -0.25) is 4.79 Å². The molecule has 0 aliphatic carbocycles. The van der Waals surface area contributed by atoms with Gasteiger partial charge in [0.25, 0.3) is 0 Å². The van der Waals surface area contributed by atoms with Gasteiger partial charge >= 0.3 is 0 Å². The molecule has 0 radical (unpaired) electrons. The van der Waals surface area contributed by atoms with Crippen molar-refractivity contribution in [2.75, 3.05) is 13.1 Å². The zero-order valence-corrected chi connectivity index (χ0v) is 10.6. The van der Waals surface area contributed by atoms with Gasteiger partial charge in [0.05, 0.1) is 5.25 Å². The van der Waals surface area contributed by atoms with Crippen LogP contribution in [0, 0.1) is 5.41 Å². The van der Waals surface area contributed by atoms with Gasteiger partial charge in [-0.2, -0.15) is 0 Å². The third-order valence-electron chi connectivity index (χ3n) is 2.87. The molecule has 1 fully saturated rings. The Labute approximate surface area is 91.7 Å². The fourth-order valence-electron chi connectivity index (χ4n) is 1.69. The zero-order valence-electron chi connectivity index (χ0n) is 9.78. The molecule has 1 aliphatic heterocycles. The van der Waals surface area contributed by atoms with Crippen LogP contribution in [0.25, 0.3) is 0 Å². The molecular formula is C10H19NO3S. The summed E-state index contributed by atoms with van der Waals surface area (Å²) < 4.78 is 25.2. The van der Waals surface area contributed by atoms with Crippen LogP contribution in [0.2, 0.25) is 0 Å². The summed E-state index contributed by atoms with van der Waals surface area (Å²) in [6.45, 7) is 7.58. The van der Waals surface area contributed by atoms with Crippen molar-refractivity contribution in [1.29, 1.82) is 0 Å². The Morgan fingerprint density at radius 1 is 1.33 bits per heavy atom. The lowest BCUT2D eigenvalue weighted by Gasteiger charge is -2.36. The van der Waals surface area contributed by atoms with E-state index < -0.39 is 20.7 Å². The van der Waals surface area contributed by atoms with E-state index in [4.69, 9.17) is 0 Å². The van der Waals surface area contributed by atoms with Gasteiger partial charge in [-0.05, 0) is 13.8 Å². The number of Topliss-reactive ketones (excluding diaryl/α,β-unsaturated/α-hetero) is 1. The minimum Gasteiger partial charge on any atom is -0.299 e. The molecule has 88 valence electrons. The second kappa shape index (κ2) is 3.87. The molecular weight excluding hydrogens is 214 g/mol. The maximum atomic E-state index is 11.9. The normalized spacial score (nSPS) is 23.4. The van der Waals surface area contributed by atoms with Crippen LogP contribution in [0.1, 0.15) is 34.1 Å². The number of carbonyl (C=O) groups excluding carboxylic acids is 1. The van der Waals surface area contributed by atoms with Crippen LogP contribution in [-0.4, -0.2) is 36.8 Å². The average Bonchev–Trinajstić information content (AvgIpc) is 2.09. The molecule has 0 bridgehead atoms. The maximum Gasteiger partial charge on any atom is 0.216 e. The van der Waals surface area contributed by atoms with Crippen molar-refractivity contribution >= 4 is 15.8 Å². The van der Waals surface area contributed by atoms with Gasteiger partial charge in [0, 0.05) is 24.9 Å². The molecule has 1 aliphatic rings. The maximum absolute atomic E-state index is 11.9. The fraction of sp³-hybridized carbons (Fsp3) is 0.900. The quantitative estimate of drug-likeness (QED) is 0.715. The van der Waals surface area contributed by atoms with E-state index in [-0.39, 0.29) is 5.78 Å². The van der Waals surface area contributed by atoms with E-state index in [2.05, 4.69) is 0 Å². The second-order valence-electron chi connectivity index (χ2n) is 4.98. The molecule has 4 nitrogen and oxygen atoms in total. The van der Waals surface area contributed by atoms with Crippen LogP contribution in [0.5, 0.6) is 0 Å². The smallest absolute Gasteiger partial charge is 0.216 e. The van der Waals surface area contributed by atoms with Crippen molar-refractivity contribution in [2.45, 2.75) is 39.4 Å². The molecule has 0 aromatic rings. The van der Waals surface area contributed by atoms with Gasteiger partial charge in [0.1, 0.15) is 5.78 Å². The third kappa shape index (κ3) is 2.39. The molecule has 1 saturated heterocycles. The topological polar surface area (TPSA) is 54.5 Å². The monoisotopic (exact) mass is 233 g/mol. The average molecular weight is 233 g/mol. The highest BCUT2D eigenvalue weighted by atomic mass is 32.2. The minimum atomic E-state index is -3.21. The predicted molar refractivity (Wildman–Crippen MR) is 59.0 cm³/mol. The van der Waals surface area contributed by atoms with Gasteiger partial charge < -0.3 is 0 Å². The van der Waals surface area contributed by atoms with Crippen LogP contribution >= 0.6 is 0 Å². The standard InChI is InChI=1S/C10H19NO3S/c1-8(2)15(13,14)11-6-5-9(12)10(3,4)7-11/h8H,5-7H2,1-4H3. The van der Waals surface area contributed by atoms with E-state index in [9.17, 15) is 13.2 Å². The first-order valence-electron chi connectivity index (χ1n) is 5.20. The first-order valence-corrected chi connectivity index (χ1v) is 6.70. The van der Waals surface area contributed by atoms with E-state index in [0.29, 0.717) is 19.5 Å². The number of hydrogen-bond donors (Lipinski definition) is 0. The van der Waals surface area contributed by atoms with E-state index in [1.807, 2.05) is 0 Å². The van der Waals surface area contributed by atoms with Crippen molar-refractivity contribution in [3.05, 3.63) is 0 Å². The predicted octanol–water partition coefficient (Wildman–Crippen LogP) is 1.03. The lowest BCUT2D eigenvalue weighted by atomic mass is 9.84. The Hall–Kier alpha value is -0.420. The highest BCUT2D eigenvalue weighted by molar-refractivity contribution is 7.89. The zero-order chi connectivity index (χ0) is 11.9. The lowest BCUT2D eigenvalue weighted by Crippen LogP contribution is -2.50. The highest BCUT2D eigenvalue weighted by Gasteiger charge is 2.39. The molecule has 0 atom stereocenters. The summed E-state index contributed by atoms with van der Waals surface area (Å²) in [5, 5.41) is -0.415. The van der Waals surface area contributed by atoms with Crippen molar-refractivity contribution in [3.63, 3.8) is 0 Å². The van der Waals surface area contributed by atoms with Crippen molar-refractivity contribution in [2.24, 2.45) is 5.41 Å². The molecule has 15 heavy (non-hydrogen) atoms. The molecule has 1 heterocycles. The van der Waals surface area contributed by atoms with E-state index in [1.165, 1.54) is 4.31 Å². The largest absolute Gasteiger partial charge is 0.299 e. The SMILES string of the molecule is CC(C)S(=O)(=O)N1CCC(=O)C(C)(C)C1. The molecule has 0 aromatic heterocycles. The third-order valence-corrected chi connectivity index (χ3v) is 5.09. The highest BCUT2D eigenvalue weighted by Crippen LogP contribution is 2.27. The second-order valence-corrected chi connectivity index (χ2v) is 7.47. The summed E-state index contributed by atoms with van der Waals surface area (Å²) in [5.74, 6) is 0.151. The number of piperidine rings is 1. The van der Waals surface area contributed by atoms with Crippen LogP contribution < -0.4 is 0 Å². The van der Waals surface area contributed by atoms with Gasteiger partial charge in [-0.15, -0.1) is 0 Å². The van der Waals surface area contributed by atoms with E-state index >= 15 is 0 Å². The number of rotatable bonds is 2. The summed E-state index contributed by atoms with van der Waals surface area (Å²) in [4.78, 5) is 11.5. The minimum absolute atomic E-state index is 0.151. The first kappa shape index (κ1) is 12.6. The molecule has 5 heteroatoms. The van der Waals surface area contributed by atoms with E-state index in [0.717, 1.165) is 0 Å². The summed E-state index contributed by atoms with van der Waals surface area (Å²) in [6.07, 6.45) is 0.332. The number of sulfonamides is 1. The van der Waals surface area contributed by atoms with Crippen molar-refractivity contribution in [3.8, 4) is 0 Å². The van der Waals surface area contributed by atoms with Gasteiger partial charge in [0.15, 0.2) is 0 Å². The summed E-state index contributed by atoms with van der Waals surface area (Å²) >= 11 is 0. The fourth-order valence-corrected chi connectivity index (χ4v) is 3.13. The Kier molecular flexibility index (Phi) is 3.26. The van der Waals surface area contributed by atoms with Crippen molar-refractivity contribution < 1.29 is 13.2 Å². The summed E-state index contributed by atoms with van der Waals surface area (Å²) in [7, 11) is -3.21. The van der Waals surface area contributed by atoms with Gasteiger partial charge in [-0.1, -0.05) is 13.8 Å². The Balaban J connectivity index is 2.90. The first-order chi connectivity index (χ1) is 6.68. The Bertz CT molecular complexity index is 357. The van der Waals surface area contributed by atoms with Crippen LogP contribution in [0.4, 0.5) is 0 Å². The van der Waals surface area contributed by atoms with E-state index in [1.54, 1.807) is 27.7 Å². The van der Waals surface area contributed by atoms with Gasteiger partial charge in [-0.25, -0.2) is 12.7 Å². The number of ketones is 1. The summed E-state index contributed by atoms with van der Waals surface area (Å²) in [6, 6.07) is 0. The number of hydrogen-bond acceptors (Lipinski definition) is 3. The number of nitrogens with zero attached hydrogens (tertiary/aromatic N) is 1. The van der Waals surface area contributed by atoms with Crippen molar-refractivity contribution in [1.82, 2.24) is 4.31 Å². The molecule has 0 unspecified atom stereocenters. The molecule has 0 N–H and O–H groups in total. The van der Waals surface area contributed by atoms with Gasteiger partial charge in [0.2, 0.25) is 10.0 Å². The Morgan fingerprint density at radius 3 is 2.27 bits per heavy atom. The molecule has 0 amide bonds. The molecule has 0 aromatic carbocycles. The van der Waals surface area contributed by atoms with Crippen LogP contribution in [0.3, 0.4) is 0 Å². The summed E-state index contributed by atoms with van der Waals surface area (Å²) in [5.41, 5.74) is -0.541. The lowest BCUT2D eigenvalue weighted by molar-refractivity contribution is -0.129.